The molecule has 0 aliphatic heterocycles. The Labute approximate surface area is 134 Å². The van der Waals surface area contributed by atoms with E-state index in [1.165, 1.54) is 30.5 Å². The Bertz CT molecular complexity index is 744. The molecule has 1 aliphatic carbocycles. The van der Waals surface area contributed by atoms with E-state index in [0.717, 1.165) is 19.3 Å². The molecule has 122 valence electrons. The number of nitriles is 1. The van der Waals surface area contributed by atoms with E-state index in [4.69, 9.17) is 5.26 Å². The zero-order valence-corrected chi connectivity index (χ0v) is 13.1. The number of hydroxylamine groups is 1. The largest absolute Gasteiger partial charge is 0.682 e. The number of hydrogen-bond donors (Lipinski definition) is 1. The minimum Gasteiger partial charge on any atom is -0.682 e. The Morgan fingerprint density at radius 3 is 2.43 bits per heavy atom. The molecule has 1 saturated carbocycles. The van der Waals surface area contributed by atoms with Crippen molar-refractivity contribution in [3.63, 3.8) is 0 Å². The maximum Gasteiger partial charge on any atom is 0.485 e. The summed E-state index contributed by atoms with van der Waals surface area (Å²) >= 11 is 0. The summed E-state index contributed by atoms with van der Waals surface area (Å²) in [5, 5.41) is 22.5. The number of benzene rings is 1. The van der Waals surface area contributed by atoms with Gasteiger partial charge in [-0.1, -0.05) is 29.2 Å². The number of azo groups is 1. The standard InChI is InChI=1S/C14H16N4O4S/c15-10-18(20)16-12-6-8-13(9-7-12)23(21,22)17-14(19)11-4-2-1-3-5-11/h6-9,11H,1-5H2,(H,17,19). The lowest BCUT2D eigenvalue weighted by Crippen LogP contribution is -2.36. The van der Waals surface area contributed by atoms with Crippen LogP contribution < -0.4 is 4.72 Å². The lowest BCUT2D eigenvalue weighted by atomic mass is 9.89. The van der Waals surface area contributed by atoms with E-state index in [-0.39, 0.29) is 21.4 Å². The number of rotatable bonds is 4. The second-order valence-electron chi connectivity index (χ2n) is 5.27. The van der Waals surface area contributed by atoms with Crippen molar-refractivity contribution in [1.82, 2.24) is 4.72 Å². The van der Waals surface area contributed by atoms with Crippen molar-refractivity contribution < 1.29 is 18.1 Å². The van der Waals surface area contributed by atoms with E-state index in [9.17, 15) is 18.4 Å². The van der Waals surface area contributed by atoms with Crippen LogP contribution in [-0.4, -0.2) is 19.2 Å². The summed E-state index contributed by atoms with van der Waals surface area (Å²) in [6.45, 7) is 0. The van der Waals surface area contributed by atoms with Crippen LogP contribution in [0.3, 0.4) is 0 Å². The first-order chi connectivity index (χ1) is 10.9. The van der Waals surface area contributed by atoms with Gasteiger partial charge in [0.05, 0.1) is 4.90 Å². The number of carbonyl (C=O) groups excluding carboxylic acids is 1. The quantitative estimate of drug-likeness (QED) is 0.296. The number of nitrogens with one attached hydrogen (secondary N) is 1. The molecule has 0 bridgehead atoms. The maximum absolute atomic E-state index is 12.2. The van der Waals surface area contributed by atoms with Gasteiger partial charge >= 0.3 is 6.19 Å². The van der Waals surface area contributed by atoms with Crippen LogP contribution in [0, 0.1) is 22.6 Å². The summed E-state index contributed by atoms with van der Waals surface area (Å²) < 4.78 is 26.5. The Morgan fingerprint density at radius 1 is 1.26 bits per heavy atom. The van der Waals surface area contributed by atoms with Crippen molar-refractivity contribution in [2.75, 3.05) is 0 Å². The molecule has 0 saturated heterocycles. The third-order valence-corrected chi connectivity index (χ3v) is 5.01. The van der Waals surface area contributed by atoms with E-state index in [2.05, 4.69) is 9.84 Å². The van der Waals surface area contributed by atoms with Crippen molar-refractivity contribution in [1.29, 1.82) is 5.26 Å². The first-order valence-electron chi connectivity index (χ1n) is 7.18. The van der Waals surface area contributed by atoms with Gasteiger partial charge in [-0.2, -0.15) is 0 Å². The predicted octanol–water partition coefficient (Wildman–Crippen LogP) is 2.15. The predicted molar refractivity (Wildman–Crippen MR) is 79.7 cm³/mol. The van der Waals surface area contributed by atoms with Gasteiger partial charge in [0.25, 0.3) is 10.0 Å². The summed E-state index contributed by atoms with van der Waals surface area (Å²) in [6.07, 6.45) is 5.59. The molecule has 1 aromatic carbocycles. The first kappa shape index (κ1) is 16.9. The van der Waals surface area contributed by atoms with Gasteiger partial charge in [0, 0.05) is 5.92 Å². The topological polar surface area (TPSA) is 125 Å². The average molecular weight is 336 g/mol. The molecule has 0 radical (unpaired) electrons. The van der Waals surface area contributed by atoms with Crippen molar-refractivity contribution in [3.8, 4) is 6.19 Å². The lowest BCUT2D eigenvalue weighted by molar-refractivity contribution is -0.433. The van der Waals surface area contributed by atoms with Gasteiger partial charge in [-0.05, 0) is 37.1 Å². The fourth-order valence-corrected chi connectivity index (χ4v) is 3.50. The van der Waals surface area contributed by atoms with E-state index < -0.39 is 15.9 Å². The van der Waals surface area contributed by atoms with Gasteiger partial charge in [0.1, 0.15) is 5.69 Å². The zero-order valence-electron chi connectivity index (χ0n) is 12.3. The monoisotopic (exact) mass is 336 g/mol. The third-order valence-electron chi connectivity index (χ3n) is 3.65. The summed E-state index contributed by atoms with van der Waals surface area (Å²) in [4.78, 5) is 11.8. The Balaban J connectivity index is 2.10. The Kier molecular flexibility index (Phi) is 5.28. The number of carbonyl (C=O) groups is 1. The molecule has 1 aromatic rings. The first-order valence-corrected chi connectivity index (χ1v) is 8.66. The second kappa shape index (κ2) is 7.19. The molecule has 9 heteroatoms. The molecule has 1 fully saturated rings. The molecule has 0 spiro atoms. The molecule has 2 rings (SSSR count). The molecular formula is C14H16N4O4S. The molecule has 0 aromatic heterocycles. The summed E-state index contributed by atoms with van der Waals surface area (Å²) in [6, 6.07) is 5.00. The Hall–Kier alpha value is -2.47. The number of hydrogen-bond acceptors (Lipinski definition) is 6. The summed E-state index contributed by atoms with van der Waals surface area (Å²) in [5.41, 5.74) is 0.138. The highest BCUT2D eigenvalue weighted by molar-refractivity contribution is 7.90. The van der Waals surface area contributed by atoms with Crippen LogP contribution in [0.4, 0.5) is 5.69 Å². The Morgan fingerprint density at radius 2 is 1.87 bits per heavy atom. The molecule has 1 N–H and O–H groups in total. The van der Waals surface area contributed by atoms with E-state index in [0.29, 0.717) is 12.8 Å². The molecule has 8 nitrogen and oxygen atoms in total. The van der Waals surface area contributed by atoms with Crippen molar-refractivity contribution in [3.05, 3.63) is 29.5 Å². The van der Waals surface area contributed by atoms with Crippen LogP contribution in [0.5, 0.6) is 0 Å². The van der Waals surface area contributed by atoms with Gasteiger partial charge in [-0.3, -0.25) is 4.79 Å². The normalized spacial score (nSPS) is 16.6. The van der Waals surface area contributed by atoms with E-state index in [1.807, 2.05) is 0 Å². The molecule has 0 atom stereocenters. The summed E-state index contributed by atoms with van der Waals surface area (Å²) in [7, 11) is -3.96. The van der Waals surface area contributed by atoms with Gasteiger partial charge < -0.3 is 5.21 Å². The van der Waals surface area contributed by atoms with Crippen LogP contribution in [-0.2, 0) is 14.8 Å². The average Bonchev–Trinajstić information content (AvgIpc) is 2.55. The van der Waals surface area contributed by atoms with Gasteiger partial charge in [-0.25, -0.2) is 13.1 Å². The minimum absolute atomic E-state index is 0.102. The highest BCUT2D eigenvalue weighted by atomic mass is 32.2. The fourth-order valence-electron chi connectivity index (χ4n) is 2.46. The molecular weight excluding hydrogens is 320 g/mol. The molecule has 1 amide bonds. The van der Waals surface area contributed by atoms with Crippen LogP contribution in [0.15, 0.2) is 34.3 Å². The highest BCUT2D eigenvalue weighted by Crippen LogP contribution is 2.24. The van der Waals surface area contributed by atoms with Gasteiger partial charge in [-0.15, -0.1) is 0 Å². The van der Waals surface area contributed by atoms with Gasteiger partial charge in [0.2, 0.25) is 5.91 Å². The molecule has 0 unspecified atom stereocenters. The zero-order chi connectivity index (χ0) is 16.9. The van der Waals surface area contributed by atoms with E-state index >= 15 is 0 Å². The van der Waals surface area contributed by atoms with Crippen LogP contribution in [0.25, 0.3) is 0 Å². The number of sulfonamides is 1. The second-order valence-corrected chi connectivity index (χ2v) is 6.95. The van der Waals surface area contributed by atoms with Crippen LogP contribution in [0.1, 0.15) is 32.1 Å². The summed E-state index contributed by atoms with van der Waals surface area (Å²) in [5.74, 6) is -0.744. The molecule has 1 aliphatic rings. The van der Waals surface area contributed by atoms with Crippen molar-refractivity contribution in [2.45, 2.75) is 37.0 Å². The third kappa shape index (κ3) is 4.50. The van der Waals surface area contributed by atoms with Crippen LogP contribution in [0.2, 0.25) is 0 Å². The van der Waals surface area contributed by atoms with Crippen molar-refractivity contribution in [2.24, 2.45) is 11.0 Å². The maximum atomic E-state index is 12.2. The van der Waals surface area contributed by atoms with Gasteiger partial charge in [0.15, 0.2) is 5.26 Å². The SMILES string of the molecule is N#C[N+]([O-])=Nc1ccc(S(=O)(=O)NC(=O)C2CCCCC2)cc1. The number of amides is 1. The minimum atomic E-state index is -3.96. The number of nitrogens with zero attached hydrogens (tertiary/aromatic N) is 3. The van der Waals surface area contributed by atoms with E-state index in [1.54, 1.807) is 0 Å². The highest BCUT2D eigenvalue weighted by Gasteiger charge is 2.25. The molecule has 23 heavy (non-hydrogen) atoms. The smallest absolute Gasteiger partial charge is 0.485 e. The van der Waals surface area contributed by atoms with Crippen LogP contribution >= 0.6 is 0 Å². The lowest BCUT2D eigenvalue weighted by Gasteiger charge is -2.20. The fraction of sp³-hybridized carbons (Fsp3) is 0.429. The molecule has 0 heterocycles. The van der Waals surface area contributed by atoms with Crippen molar-refractivity contribution >= 4 is 21.6 Å².